The number of rotatable bonds is 1. The monoisotopic (exact) mass is 240 g/mol. The van der Waals surface area contributed by atoms with Crippen molar-refractivity contribution in [3.05, 3.63) is 22.4 Å². The molecule has 0 fully saturated rings. The van der Waals surface area contributed by atoms with Crippen LogP contribution in [-0.2, 0) is 0 Å². The molecule has 0 unspecified atom stereocenters. The SMILES string of the molecule is S=c1[nH]nc(-c2cc3sccc3s2)o1. The summed E-state index contributed by atoms with van der Waals surface area (Å²) in [6, 6.07) is 4.16. The summed E-state index contributed by atoms with van der Waals surface area (Å²) >= 11 is 8.19. The van der Waals surface area contributed by atoms with Gasteiger partial charge in [-0.15, -0.1) is 27.8 Å². The summed E-state index contributed by atoms with van der Waals surface area (Å²) in [4.78, 5) is 1.33. The normalized spacial score (nSPS) is 11.1. The third-order valence-electron chi connectivity index (χ3n) is 1.79. The molecule has 14 heavy (non-hydrogen) atoms. The van der Waals surface area contributed by atoms with Gasteiger partial charge in [-0.3, -0.25) is 0 Å². The molecule has 0 spiro atoms. The summed E-state index contributed by atoms with van der Waals surface area (Å²) in [6.07, 6.45) is 0. The smallest absolute Gasteiger partial charge is 0.284 e. The van der Waals surface area contributed by atoms with E-state index in [4.69, 9.17) is 16.6 Å². The Morgan fingerprint density at radius 3 is 3.07 bits per heavy atom. The van der Waals surface area contributed by atoms with Gasteiger partial charge >= 0.3 is 0 Å². The fourth-order valence-electron chi connectivity index (χ4n) is 1.21. The second-order valence-corrected chi connectivity index (χ2v) is 5.08. The molecule has 0 aliphatic heterocycles. The highest BCUT2D eigenvalue weighted by molar-refractivity contribution is 7.71. The Labute approximate surface area is 92.0 Å². The maximum Gasteiger partial charge on any atom is 0.284 e. The molecular weight excluding hydrogens is 236 g/mol. The maximum absolute atomic E-state index is 5.23. The minimum Gasteiger partial charge on any atom is -0.408 e. The van der Waals surface area contributed by atoms with Gasteiger partial charge in [-0.1, -0.05) is 0 Å². The molecule has 3 heterocycles. The number of thiophene rings is 2. The van der Waals surface area contributed by atoms with Crippen LogP contribution >= 0.6 is 34.9 Å². The molecule has 1 N–H and O–H groups in total. The van der Waals surface area contributed by atoms with E-state index in [1.54, 1.807) is 22.7 Å². The summed E-state index contributed by atoms with van der Waals surface area (Å²) in [7, 11) is 0. The van der Waals surface area contributed by atoms with E-state index >= 15 is 0 Å². The molecule has 0 radical (unpaired) electrons. The molecule has 0 bridgehead atoms. The highest BCUT2D eigenvalue weighted by Crippen LogP contribution is 2.35. The zero-order chi connectivity index (χ0) is 9.54. The van der Waals surface area contributed by atoms with Gasteiger partial charge in [0.2, 0.25) is 0 Å². The van der Waals surface area contributed by atoms with E-state index in [-0.39, 0.29) is 0 Å². The largest absolute Gasteiger partial charge is 0.408 e. The molecule has 6 heteroatoms. The average molecular weight is 240 g/mol. The highest BCUT2D eigenvalue weighted by Gasteiger charge is 2.09. The van der Waals surface area contributed by atoms with Crippen LogP contribution in [0.1, 0.15) is 0 Å². The van der Waals surface area contributed by atoms with E-state index in [1.165, 1.54) is 9.40 Å². The molecule has 0 aliphatic carbocycles. The Kier molecular flexibility index (Phi) is 1.79. The molecule has 0 aromatic carbocycles. The molecule has 0 atom stereocenters. The van der Waals surface area contributed by atoms with Crippen molar-refractivity contribution < 1.29 is 4.42 Å². The van der Waals surface area contributed by atoms with Gasteiger partial charge in [0.1, 0.15) is 0 Å². The second-order valence-electron chi connectivity index (χ2n) is 2.68. The molecule has 70 valence electrons. The van der Waals surface area contributed by atoms with Gasteiger partial charge in [0.25, 0.3) is 10.7 Å². The third kappa shape index (κ3) is 1.23. The average Bonchev–Trinajstić information content (AvgIpc) is 2.75. The molecule has 3 aromatic rings. The Balaban J connectivity index is 2.23. The molecule has 0 aliphatic rings. The number of aromatic nitrogens is 2. The zero-order valence-corrected chi connectivity index (χ0v) is 9.26. The molecular formula is C8H4N2OS3. The maximum atomic E-state index is 5.23. The van der Waals surface area contributed by atoms with Crippen molar-refractivity contribution in [2.45, 2.75) is 0 Å². The van der Waals surface area contributed by atoms with Crippen LogP contribution in [0.3, 0.4) is 0 Å². The Hall–Kier alpha value is -0.980. The van der Waals surface area contributed by atoms with Crippen LogP contribution in [-0.4, -0.2) is 10.2 Å². The molecule has 0 saturated carbocycles. The molecule has 0 amide bonds. The van der Waals surface area contributed by atoms with Gasteiger partial charge < -0.3 is 4.42 Å². The first-order valence-corrected chi connectivity index (χ1v) is 5.96. The van der Waals surface area contributed by atoms with Crippen LogP contribution in [0.2, 0.25) is 0 Å². The zero-order valence-electron chi connectivity index (χ0n) is 6.81. The predicted octanol–water partition coefficient (Wildman–Crippen LogP) is 3.68. The second kappa shape index (κ2) is 3.01. The van der Waals surface area contributed by atoms with Crippen molar-refractivity contribution in [3.8, 4) is 10.8 Å². The van der Waals surface area contributed by atoms with Crippen LogP contribution < -0.4 is 0 Å². The van der Waals surface area contributed by atoms with Crippen molar-refractivity contribution in [1.82, 2.24) is 10.2 Å². The lowest BCUT2D eigenvalue weighted by Gasteiger charge is -1.82. The fourth-order valence-corrected chi connectivity index (χ4v) is 3.37. The van der Waals surface area contributed by atoms with E-state index in [2.05, 4.69) is 27.7 Å². The van der Waals surface area contributed by atoms with Crippen LogP contribution in [0, 0.1) is 4.84 Å². The number of H-pyrrole nitrogens is 1. The first-order chi connectivity index (χ1) is 6.83. The number of hydrogen-bond acceptors (Lipinski definition) is 5. The van der Waals surface area contributed by atoms with E-state index in [0.717, 1.165) is 4.88 Å². The number of nitrogens with one attached hydrogen (secondary N) is 1. The molecule has 0 saturated heterocycles. The van der Waals surface area contributed by atoms with E-state index in [9.17, 15) is 0 Å². The Morgan fingerprint density at radius 2 is 2.36 bits per heavy atom. The van der Waals surface area contributed by atoms with Gasteiger partial charge in [-0.2, -0.15) is 0 Å². The van der Waals surface area contributed by atoms with Gasteiger partial charge in [0.15, 0.2) is 0 Å². The summed E-state index contributed by atoms with van der Waals surface area (Å²) in [5.74, 6) is 0.573. The van der Waals surface area contributed by atoms with Gasteiger partial charge in [-0.05, 0) is 29.7 Å². The Bertz CT molecular complexity index is 601. The summed E-state index contributed by atoms with van der Waals surface area (Å²) in [5, 5.41) is 8.67. The molecule has 3 aromatic heterocycles. The summed E-state index contributed by atoms with van der Waals surface area (Å²) in [6.45, 7) is 0. The minimum atomic E-state index is 0.316. The third-order valence-corrected chi connectivity index (χ3v) is 4.04. The highest BCUT2D eigenvalue weighted by atomic mass is 32.1. The number of aromatic amines is 1. The molecule has 3 rings (SSSR count). The number of nitrogens with zero attached hydrogens (tertiary/aromatic N) is 1. The molecule has 3 nitrogen and oxygen atoms in total. The van der Waals surface area contributed by atoms with Crippen molar-refractivity contribution >= 4 is 44.3 Å². The number of fused-ring (bicyclic) bond motifs is 1. The van der Waals surface area contributed by atoms with Crippen molar-refractivity contribution in [1.29, 1.82) is 0 Å². The summed E-state index contributed by atoms with van der Waals surface area (Å²) in [5.41, 5.74) is 0. The lowest BCUT2D eigenvalue weighted by Crippen LogP contribution is -1.69. The van der Waals surface area contributed by atoms with Gasteiger partial charge in [-0.25, -0.2) is 5.10 Å². The standard InChI is InChI=1S/C8H4N2OS3/c12-8-10-9-7(11-8)6-3-5-4(14-6)1-2-13-5/h1-3H,(H,10,12). The van der Waals surface area contributed by atoms with E-state index in [1.807, 2.05) is 0 Å². The predicted molar refractivity (Wildman–Crippen MR) is 60.4 cm³/mol. The first-order valence-electron chi connectivity index (χ1n) is 3.86. The fraction of sp³-hybridized carbons (Fsp3) is 0. The van der Waals surface area contributed by atoms with Crippen LogP contribution in [0.15, 0.2) is 21.9 Å². The number of hydrogen-bond donors (Lipinski definition) is 1. The Morgan fingerprint density at radius 1 is 1.43 bits per heavy atom. The van der Waals surface area contributed by atoms with E-state index in [0.29, 0.717) is 10.7 Å². The minimum absolute atomic E-state index is 0.316. The van der Waals surface area contributed by atoms with Crippen molar-refractivity contribution in [2.75, 3.05) is 0 Å². The van der Waals surface area contributed by atoms with Gasteiger partial charge in [0.05, 0.1) is 4.88 Å². The topological polar surface area (TPSA) is 41.8 Å². The van der Waals surface area contributed by atoms with Crippen molar-refractivity contribution in [2.24, 2.45) is 0 Å². The van der Waals surface area contributed by atoms with Crippen LogP contribution in [0.5, 0.6) is 0 Å². The lowest BCUT2D eigenvalue weighted by atomic mass is 10.4. The van der Waals surface area contributed by atoms with Crippen LogP contribution in [0.4, 0.5) is 0 Å². The quantitative estimate of drug-likeness (QED) is 0.660. The summed E-state index contributed by atoms with van der Waals surface area (Å²) < 4.78 is 7.75. The van der Waals surface area contributed by atoms with Crippen LogP contribution in [0.25, 0.3) is 20.2 Å². The van der Waals surface area contributed by atoms with Crippen molar-refractivity contribution in [3.63, 3.8) is 0 Å². The van der Waals surface area contributed by atoms with E-state index < -0.39 is 0 Å². The van der Waals surface area contributed by atoms with Gasteiger partial charge in [0, 0.05) is 9.40 Å². The first kappa shape index (κ1) is 8.34. The lowest BCUT2D eigenvalue weighted by molar-refractivity contribution is 0.553.